The highest BCUT2D eigenvalue weighted by molar-refractivity contribution is 8.09. The van der Waals surface area contributed by atoms with Crippen molar-refractivity contribution in [3.8, 4) is 5.75 Å². The zero-order valence-corrected chi connectivity index (χ0v) is 12.9. The first-order valence-electron chi connectivity index (χ1n) is 7.46. The first-order valence-corrected chi connectivity index (χ1v) is 8.34. The number of ether oxygens (including phenoxy) is 1. The Hall–Kier alpha value is -2.19. The predicted octanol–water partition coefficient (Wildman–Crippen LogP) is 5.29. The third kappa shape index (κ3) is 2.51. The normalized spacial score (nSPS) is 22.7. The lowest BCUT2D eigenvalue weighted by molar-refractivity contribution is 0.383. The number of rotatable bonds is 3. The molecule has 0 amide bonds. The van der Waals surface area contributed by atoms with Crippen LogP contribution in [0.5, 0.6) is 5.75 Å². The Bertz CT molecular complexity index is 744. The van der Waals surface area contributed by atoms with E-state index in [1.165, 1.54) is 10.5 Å². The maximum absolute atomic E-state index is 6.29. The van der Waals surface area contributed by atoms with Crippen LogP contribution in [0, 0.1) is 5.92 Å². The van der Waals surface area contributed by atoms with Crippen molar-refractivity contribution in [1.82, 2.24) is 0 Å². The smallest absolute Gasteiger partial charge is 0.127 e. The van der Waals surface area contributed by atoms with Crippen molar-refractivity contribution in [1.29, 1.82) is 0 Å². The summed E-state index contributed by atoms with van der Waals surface area (Å²) in [6.45, 7) is 0. The Balaban J connectivity index is 1.76. The quantitative estimate of drug-likeness (QED) is 0.761. The van der Waals surface area contributed by atoms with Crippen LogP contribution >= 0.6 is 11.8 Å². The number of benzene rings is 2. The first kappa shape index (κ1) is 13.5. The van der Waals surface area contributed by atoms with Crippen LogP contribution in [0.2, 0.25) is 0 Å². The van der Waals surface area contributed by atoms with Crippen LogP contribution in [0.25, 0.3) is 4.91 Å². The molecule has 1 aliphatic heterocycles. The standard InChI is InChI=1S/C20H16OS/c1-3-9-15(10-4-1)20-19(21-16-11-5-2-6-12-16)17-13-7-8-14-18(17)22-20/h1-14,17-18H. The summed E-state index contributed by atoms with van der Waals surface area (Å²) < 4.78 is 6.29. The van der Waals surface area contributed by atoms with Crippen LogP contribution in [0.15, 0.2) is 90.7 Å². The summed E-state index contributed by atoms with van der Waals surface area (Å²) in [4.78, 5) is 1.25. The van der Waals surface area contributed by atoms with Gasteiger partial charge in [-0.15, -0.1) is 11.8 Å². The summed E-state index contributed by atoms with van der Waals surface area (Å²) in [6, 6.07) is 20.6. The van der Waals surface area contributed by atoms with Crippen molar-refractivity contribution in [3.05, 3.63) is 96.3 Å². The van der Waals surface area contributed by atoms with Gasteiger partial charge in [-0.25, -0.2) is 0 Å². The minimum atomic E-state index is 0.311. The lowest BCUT2D eigenvalue weighted by Crippen LogP contribution is -2.15. The van der Waals surface area contributed by atoms with Gasteiger partial charge in [-0.1, -0.05) is 72.8 Å². The zero-order chi connectivity index (χ0) is 14.8. The zero-order valence-electron chi connectivity index (χ0n) is 12.1. The molecule has 2 unspecified atom stereocenters. The van der Waals surface area contributed by atoms with Crippen LogP contribution in [-0.2, 0) is 0 Å². The van der Waals surface area contributed by atoms with Crippen molar-refractivity contribution in [2.45, 2.75) is 5.25 Å². The number of hydrogen-bond donors (Lipinski definition) is 0. The second-order valence-corrected chi connectivity index (χ2v) is 6.54. The van der Waals surface area contributed by atoms with Crippen molar-refractivity contribution in [2.75, 3.05) is 0 Å². The Morgan fingerprint density at radius 1 is 0.773 bits per heavy atom. The van der Waals surface area contributed by atoms with Gasteiger partial charge in [0, 0.05) is 5.25 Å². The molecule has 4 rings (SSSR count). The Kier molecular flexibility index (Phi) is 3.61. The average molecular weight is 304 g/mol. The van der Waals surface area contributed by atoms with E-state index < -0.39 is 0 Å². The molecule has 108 valence electrons. The fourth-order valence-electron chi connectivity index (χ4n) is 2.81. The molecule has 2 heteroatoms. The van der Waals surface area contributed by atoms with E-state index in [9.17, 15) is 0 Å². The van der Waals surface area contributed by atoms with Gasteiger partial charge in [0.15, 0.2) is 0 Å². The highest BCUT2D eigenvalue weighted by atomic mass is 32.2. The fraction of sp³-hybridized carbons (Fsp3) is 0.100. The van der Waals surface area contributed by atoms with Gasteiger partial charge in [0.05, 0.1) is 10.8 Å². The topological polar surface area (TPSA) is 9.23 Å². The monoisotopic (exact) mass is 304 g/mol. The maximum Gasteiger partial charge on any atom is 0.127 e. The van der Waals surface area contributed by atoms with Gasteiger partial charge in [-0.05, 0) is 17.7 Å². The van der Waals surface area contributed by atoms with E-state index in [1.807, 2.05) is 48.2 Å². The van der Waals surface area contributed by atoms with E-state index in [2.05, 4.69) is 48.6 Å². The summed E-state index contributed by atoms with van der Waals surface area (Å²) in [7, 11) is 0. The molecule has 0 N–H and O–H groups in total. The molecule has 1 nitrogen and oxygen atoms in total. The number of fused-ring (bicyclic) bond motifs is 1. The second-order valence-electron chi connectivity index (χ2n) is 5.35. The molecule has 2 atom stereocenters. The van der Waals surface area contributed by atoms with Gasteiger partial charge in [-0.3, -0.25) is 0 Å². The number of hydrogen-bond acceptors (Lipinski definition) is 2. The molecule has 0 spiro atoms. The van der Waals surface area contributed by atoms with Crippen molar-refractivity contribution >= 4 is 16.7 Å². The van der Waals surface area contributed by atoms with E-state index in [0.29, 0.717) is 11.2 Å². The van der Waals surface area contributed by atoms with Crippen LogP contribution in [-0.4, -0.2) is 5.25 Å². The molecule has 0 saturated carbocycles. The molecule has 2 aromatic rings. The van der Waals surface area contributed by atoms with Gasteiger partial charge in [0.2, 0.25) is 0 Å². The Morgan fingerprint density at radius 3 is 2.23 bits per heavy atom. The molecule has 0 aromatic heterocycles. The third-order valence-electron chi connectivity index (χ3n) is 3.87. The van der Waals surface area contributed by atoms with Gasteiger partial charge in [0.1, 0.15) is 11.5 Å². The molecular weight excluding hydrogens is 288 g/mol. The largest absolute Gasteiger partial charge is 0.460 e. The van der Waals surface area contributed by atoms with Gasteiger partial charge >= 0.3 is 0 Å². The summed E-state index contributed by atoms with van der Waals surface area (Å²) in [6.07, 6.45) is 8.75. The van der Waals surface area contributed by atoms with Crippen molar-refractivity contribution < 1.29 is 4.74 Å². The third-order valence-corrected chi connectivity index (χ3v) is 5.27. The molecule has 2 aliphatic rings. The minimum absolute atomic E-state index is 0.311. The SMILES string of the molecule is C1=CC2SC(c3ccccc3)=C(Oc3ccccc3)C2C=C1. The fourth-order valence-corrected chi connectivity index (χ4v) is 4.18. The highest BCUT2D eigenvalue weighted by Crippen LogP contribution is 2.49. The summed E-state index contributed by atoms with van der Waals surface area (Å²) in [5, 5.41) is 0.430. The molecule has 22 heavy (non-hydrogen) atoms. The van der Waals surface area contributed by atoms with E-state index in [-0.39, 0.29) is 0 Å². The molecule has 0 fully saturated rings. The molecule has 0 bridgehead atoms. The number of allylic oxidation sites excluding steroid dienone is 3. The summed E-state index contributed by atoms with van der Waals surface area (Å²) in [5.41, 5.74) is 1.23. The van der Waals surface area contributed by atoms with E-state index in [0.717, 1.165) is 11.5 Å². The Morgan fingerprint density at radius 2 is 1.45 bits per heavy atom. The van der Waals surface area contributed by atoms with Crippen LogP contribution in [0.3, 0.4) is 0 Å². The Labute approximate surface area is 135 Å². The molecule has 1 heterocycles. The molecule has 2 aromatic carbocycles. The molecule has 1 aliphatic carbocycles. The van der Waals surface area contributed by atoms with Gasteiger partial charge < -0.3 is 4.74 Å². The summed E-state index contributed by atoms with van der Waals surface area (Å²) in [5.74, 6) is 2.27. The van der Waals surface area contributed by atoms with Crippen LogP contribution in [0.4, 0.5) is 0 Å². The second kappa shape index (κ2) is 5.90. The number of thioether (sulfide) groups is 1. The highest BCUT2D eigenvalue weighted by Gasteiger charge is 2.35. The molecule has 0 saturated heterocycles. The minimum Gasteiger partial charge on any atom is -0.460 e. The molecule has 0 radical (unpaired) electrons. The van der Waals surface area contributed by atoms with Crippen LogP contribution in [0.1, 0.15) is 5.56 Å². The lowest BCUT2D eigenvalue weighted by atomic mass is 9.97. The molecular formula is C20H16OS. The first-order chi connectivity index (χ1) is 10.9. The maximum atomic E-state index is 6.29. The van der Waals surface area contributed by atoms with Gasteiger partial charge in [0.25, 0.3) is 0 Å². The number of para-hydroxylation sites is 1. The van der Waals surface area contributed by atoms with Crippen molar-refractivity contribution in [2.24, 2.45) is 5.92 Å². The van der Waals surface area contributed by atoms with E-state index in [1.54, 1.807) is 0 Å². The van der Waals surface area contributed by atoms with Crippen LogP contribution < -0.4 is 4.74 Å². The summed E-state index contributed by atoms with van der Waals surface area (Å²) >= 11 is 1.89. The average Bonchev–Trinajstić information content (AvgIpc) is 2.95. The van der Waals surface area contributed by atoms with Crippen molar-refractivity contribution in [3.63, 3.8) is 0 Å². The lowest BCUT2D eigenvalue weighted by Gasteiger charge is -2.18. The van der Waals surface area contributed by atoms with Gasteiger partial charge in [-0.2, -0.15) is 0 Å². The predicted molar refractivity (Wildman–Crippen MR) is 93.6 cm³/mol. The van der Waals surface area contributed by atoms with E-state index in [4.69, 9.17) is 4.74 Å². The van der Waals surface area contributed by atoms with E-state index >= 15 is 0 Å².